The van der Waals surface area contributed by atoms with Gasteiger partial charge in [0.15, 0.2) is 9.84 Å². The van der Waals surface area contributed by atoms with Crippen LogP contribution in [-0.2, 0) is 15.6 Å². The second kappa shape index (κ2) is 5.79. The van der Waals surface area contributed by atoms with Crippen molar-refractivity contribution in [1.29, 1.82) is 0 Å². The maximum atomic E-state index is 11.7. The van der Waals surface area contributed by atoms with Gasteiger partial charge in [0, 0.05) is 5.56 Å². The molecule has 6 heteroatoms. The molecule has 0 unspecified atom stereocenters. The highest BCUT2D eigenvalue weighted by molar-refractivity contribution is 7.90. The van der Waals surface area contributed by atoms with Crippen LogP contribution >= 0.6 is 0 Å². The molecule has 17 heavy (non-hydrogen) atoms. The quantitative estimate of drug-likeness (QED) is 0.750. The number of carbonyl (C=O) groups excluding carboxylic acids is 1. The average Bonchev–Trinajstić information content (AvgIpc) is 2.26. The Balaban J connectivity index is 2.81. The lowest BCUT2D eigenvalue weighted by molar-refractivity contribution is 0.1000. The van der Waals surface area contributed by atoms with E-state index in [1.165, 1.54) is 6.07 Å². The largest absolute Gasteiger partial charge is 0.366 e. The van der Waals surface area contributed by atoms with E-state index in [0.717, 1.165) is 0 Å². The van der Waals surface area contributed by atoms with E-state index >= 15 is 0 Å². The van der Waals surface area contributed by atoms with Gasteiger partial charge in [0.2, 0.25) is 5.91 Å². The summed E-state index contributed by atoms with van der Waals surface area (Å²) in [6.45, 7) is 0.348. The number of benzene rings is 1. The van der Waals surface area contributed by atoms with Gasteiger partial charge in [0.05, 0.1) is 11.5 Å². The van der Waals surface area contributed by atoms with Gasteiger partial charge in [-0.3, -0.25) is 4.79 Å². The van der Waals surface area contributed by atoms with Crippen molar-refractivity contribution in [2.45, 2.75) is 12.2 Å². The summed E-state index contributed by atoms with van der Waals surface area (Å²) >= 11 is 0. The number of sulfone groups is 1. The van der Waals surface area contributed by atoms with Crippen LogP contribution in [-0.4, -0.2) is 26.6 Å². The zero-order valence-electron chi connectivity index (χ0n) is 9.43. The summed E-state index contributed by atoms with van der Waals surface area (Å²) in [6, 6.07) is 6.33. The molecule has 1 aromatic rings. The first kappa shape index (κ1) is 13.7. The SMILES string of the molecule is NCCCS(=O)(=O)Cc1cccc(C(N)=O)c1. The molecule has 0 aliphatic heterocycles. The van der Waals surface area contributed by atoms with Crippen LogP contribution in [0, 0.1) is 0 Å². The van der Waals surface area contributed by atoms with Crippen LogP contribution in [0.25, 0.3) is 0 Å². The van der Waals surface area contributed by atoms with Crippen LogP contribution in [0.5, 0.6) is 0 Å². The molecular weight excluding hydrogens is 240 g/mol. The summed E-state index contributed by atoms with van der Waals surface area (Å²) in [5.74, 6) is -0.593. The summed E-state index contributed by atoms with van der Waals surface area (Å²) in [7, 11) is -3.17. The van der Waals surface area contributed by atoms with Crippen LogP contribution in [0.3, 0.4) is 0 Å². The molecule has 0 aromatic heterocycles. The van der Waals surface area contributed by atoms with Crippen LogP contribution < -0.4 is 11.5 Å². The standard InChI is InChI=1S/C11H16N2O3S/c12-5-2-6-17(15,16)8-9-3-1-4-10(7-9)11(13)14/h1,3-4,7H,2,5-6,8,12H2,(H2,13,14). The average molecular weight is 256 g/mol. The zero-order chi connectivity index (χ0) is 12.9. The van der Waals surface area contributed by atoms with Gasteiger partial charge in [0.25, 0.3) is 0 Å². The Hall–Kier alpha value is -1.40. The summed E-state index contributed by atoms with van der Waals surface area (Å²) in [4.78, 5) is 10.9. The molecule has 1 rings (SSSR count). The van der Waals surface area contributed by atoms with Crippen LogP contribution in [0.15, 0.2) is 24.3 Å². The lowest BCUT2D eigenvalue weighted by Gasteiger charge is -2.04. The first-order valence-corrected chi connectivity index (χ1v) is 7.06. The van der Waals surface area contributed by atoms with Crippen molar-refractivity contribution >= 4 is 15.7 Å². The normalized spacial score (nSPS) is 11.4. The van der Waals surface area contributed by atoms with Crippen molar-refractivity contribution in [3.05, 3.63) is 35.4 Å². The predicted octanol–water partition coefficient (Wildman–Crippen LogP) is 0.0491. The van der Waals surface area contributed by atoms with E-state index in [1.54, 1.807) is 18.2 Å². The van der Waals surface area contributed by atoms with Crippen LogP contribution in [0.4, 0.5) is 0 Å². The lowest BCUT2D eigenvalue weighted by atomic mass is 10.1. The molecule has 0 fully saturated rings. The number of amides is 1. The summed E-state index contributed by atoms with van der Waals surface area (Å²) < 4.78 is 23.3. The summed E-state index contributed by atoms with van der Waals surface area (Å²) in [6.07, 6.45) is 0.442. The Morgan fingerprint density at radius 2 is 2.00 bits per heavy atom. The fourth-order valence-corrected chi connectivity index (χ4v) is 2.88. The molecule has 4 N–H and O–H groups in total. The number of hydrogen-bond acceptors (Lipinski definition) is 4. The fourth-order valence-electron chi connectivity index (χ4n) is 1.44. The van der Waals surface area contributed by atoms with Gasteiger partial charge in [-0.05, 0) is 30.7 Å². The van der Waals surface area contributed by atoms with Crippen LogP contribution in [0.1, 0.15) is 22.3 Å². The van der Waals surface area contributed by atoms with Crippen molar-refractivity contribution in [2.24, 2.45) is 11.5 Å². The summed E-state index contributed by atoms with van der Waals surface area (Å²) in [5.41, 5.74) is 11.3. The highest BCUT2D eigenvalue weighted by atomic mass is 32.2. The van der Waals surface area contributed by atoms with E-state index in [9.17, 15) is 13.2 Å². The van der Waals surface area contributed by atoms with Gasteiger partial charge >= 0.3 is 0 Å². The molecular formula is C11H16N2O3S. The number of primary amides is 1. The molecule has 1 amide bonds. The molecule has 0 saturated heterocycles. The van der Waals surface area contributed by atoms with E-state index < -0.39 is 15.7 Å². The third kappa shape index (κ3) is 4.54. The van der Waals surface area contributed by atoms with Gasteiger partial charge in [-0.1, -0.05) is 12.1 Å². The molecule has 0 atom stereocenters. The molecule has 94 valence electrons. The van der Waals surface area contributed by atoms with Crippen molar-refractivity contribution < 1.29 is 13.2 Å². The van der Waals surface area contributed by atoms with Gasteiger partial charge in [0.1, 0.15) is 0 Å². The third-order valence-electron chi connectivity index (χ3n) is 2.26. The molecule has 5 nitrogen and oxygen atoms in total. The molecule has 1 aromatic carbocycles. The number of carbonyl (C=O) groups is 1. The molecule has 0 heterocycles. The first-order valence-electron chi connectivity index (χ1n) is 5.24. The third-order valence-corrected chi connectivity index (χ3v) is 3.94. The molecule has 0 saturated carbocycles. The zero-order valence-corrected chi connectivity index (χ0v) is 10.2. The Kier molecular flexibility index (Phi) is 4.65. The topological polar surface area (TPSA) is 103 Å². The molecule has 0 spiro atoms. The predicted molar refractivity (Wildman–Crippen MR) is 66.1 cm³/mol. The Labute approximate surface area is 101 Å². The van der Waals surface area contributed by atoms with E-state index in [4.69, 9.17) is 11.5 Å². The molecule has 0 bridgehead atoms. The highest BCUT2D eigenvalue weighted by Crippen LogP contribution is 2.10. The molecule has 0 aliphatic carbocycles. The maximum absolute atomic E-state index is 11.7. The van der Waals surface area contributed by atoms with Crippen molar-refractivity contribution in [3.8, 4) is 0 Å². The van der Waals surface area contributed by atoms with Crippen molar-refractivity contribution in [2.75, 3.05) is 12.3 Å². The number of rotatable bonds is 6. The van der Waals surface area contributed by atoms with Crippen molar-refractivity contribution in [1.82, 2.24) is 0 Å². The Morgan fingerprint density at radius 3 is 2.59 bits per heavy atom. The van der Waals surface area contributed by atoms with Gasteiger partial charge in [-0.25, -0.2) is 8.42 Å². The maximum Gasteiger partial charge on any atom is 0.248 e. The summed E-state index contributed by atoms with van der Waals surface area (Å²) in [5, 5.41) is 0. The second-order valence-electron chi connectivity index (χ2n) is 3.80. The fraction of sp³-hybridized carbons (Fsp3) is 0.364. The highest BCUT2D eigenvalue weighted by Gasteiger charge is 2.12. The number of hydrogen-bond donors (Lipinski definition) is 2. The van der Waals surface area contributed by atoms with E-state index in [-0.39, 0.29) is 11.5 Å². The van der Waals surface area contributed by atoms with Gasteiger partial charge in [-0.15, -0.1) is 0 Å². The molecule has 0 radical (unpaired) electrons. The molecule has 0 aliphatic rings. The first-order chi connectivity index (χ1) is 7.94. The van der Waals surface area contributed by atoms with Crippen molar-refractivity contribution in [3.63, 3.8) is 0 Å². The minimum atomic E-state index is -3.17. The second-order valence-corrected chi connectivity index (χ2v) is 5.98. The minimum absolute atomic E-state index is 0.0598. The van der Waals surface area contributed by atoms with Gasteiger partial charge < -0.3 is 11.5 Å². The smallest absolute Gasteiger partial charge is 0.248 e. The Bertz CT molecular complexity index is 497. The van der Waals surface area contributed by atoms with Crippen LogP contribution in [0.2, 0.25) is 0 Å². The minimum Gasteiger partial charge on any atom is -0.366 e. The van der Waals surface area contributed by atoms with E-state index in [0.29, 0.717) is 24.1 Å². The van der Waals surface area contributed by atoms with E-state index in [1.807, 2.05) is 0 Å². The monoisotopic (exact) mass is 256 g/mol. The van der Waals surface area contributed by atoms with E-state index in [2.05, 4.69) is 0 Å². The Morgan fingerprint density at radius 1 is 1.29 bits per heavy atom. The number of nitrogens with two attached hydrogens (primary N) is 2. The van der Waals surface area contributed by atoms with Gasteiger partial charge in [-0.2, -0.15) is 0 Å². The lowest BCUT2D eigenvalue weighted by Crippen LogP contribution is -2.14.